The Hall–Kier alpha value is -0.160. The van der Waals surface area contributed by atoms with Crippen molar-refractivity contribution in [2.24, 2.45) is 5.73 Å². The molecular weight excluding hydrogens is 180 g/mol. The first-order valence-electron chi connectivity index (χ1n) is 5.02. The van der Waals surface area contributed by atoms with Gasteiger partial charge in [-0.2, -0.15) is 0 Å². The van der Waals surface area contributed by atoms with E-state index >= 15 is 0 Å². The van der Waals surface area contributed by atoms with Crippen molar-refractivity contribution in [2.45, 2.75) is 31.8 Å². The highest BCUT2D eigenvalue weighted by Gasteiger charge is 2.18. The number of aliphatic hydroxyl groups is 1. The molecule has 2 unspecified atom stereocenters. The minimum absolute atomic E-state index is 0.0273. The van der Waals surface area contributed by atoms with Crippen LogP contribution in [0.3, 0.4) is 0 Å². The summed E-state index contributed by atoms with van der Waals surface area (Å²) in [7, 11) is 3.74. The lowest BCUT2D eigenvalue weighted by Gasteiger charge is -2.28. The van der Waals surface area contributed by atoms with Crippen LogP contribution in [-0.4, -0.2) is 55.5 Å². The zero-order chi connectivity index (χ0) is 11.2. The lowest BCUT2D eigenvalue weighted by Crippen LogP contribution is -2.44. The maximum atomic E-state index is 8.98. The van der Waals surface area contributed by atoms with E-state index in [4.69, 9.17) is 15.6 Å². The van der Waals surface area contributed by atoms with Crippen molar-refractivity contribution >= 4 is 0 Å². The van der Waals surface area contributed by atoms with Gasteiger partial charge < -0.3 is 20.5 Å². The second-order valence-corrected chi connectivity index (χ2v) is 4.35. The molecule has 0 amide bonds. The second kappa shape index (κ2) is 6.35. The first-order chi connectivity index (χ1) is 6.43. The Balaban J connectivity index is 3.77. The van der Waals surface area contributed by atoms with Gasteiger partial charge in [0.2, 0.25) is 0 Å². The topological polar surface area (TPSA) is 58.7 Å². The van der Waals surface area contributed by atoms with E-state index in [1.165, 1.54) is 0 Å². The van der Waals surface area contributed by atoms with Gasteiger partial charge in [0.25, 0.3) is 0 Å². The molecule has 0 radical (unpaired) electrons. The number of ether oxygens (including phenoxy) is 1. The fourth-order valence-corrected chi connectivity index (χ4v) is 1.10. The number of aliphatic hydroxyl groups excluding tert-OH is 1. The van der Waals surface area contributed by atoms with Crippen LogP contribution in [0.5, 0.6) is 0 Å². The highest BCUT2D eigenvalue weighted by atomic mass is 16.5. The zero-order valence-electron chi connectivity index (χ0n) is 9.79. The maximum absolute atomic E-state index is 8.98. The predicted molar refractivity (Wildman–Crippen MR) is 58.3 cm³/mol. The fraction of sp³-hybridized carbons (Fsp3) is 1.00. The molecule has 0 bridgehead atoms. The van der Waals surface area contributed by atoms with E-state index in [-0.39, 0.29) is 6.61 Å². The number of rotatable bonds is 7. The summed E-state index contributed by atoms with van der Waals surface area (Å²) in [6, 6.07) is 0.384. The SMILES string of the molecule is COCC(C)N(C)CCC(C)(N)CO. The van der Waals surface area contributed by atoms with Crippen LogP contribution in [0.4, 0.5) is 0 Å². The summed E-state index contributed by atoms with van der Waals surface area (Å²) in [6.45, 7) is 5.59. The van der Waals surface area contributed by atoms with E-state index in [0.29, 0.717) is 6.04 Å². The number of methoxy groups -OCH3 is 1. The third-order valence-electron chi connectivity index (χ3n) is 2.56. The molecule has 0 aliphatic rings. The van der Waals surface area contributed by atoms with Crippen molar-refractivity contribution < 1.29 is 9.84 Å². The molecule has 0 rings (SSSR count). The quantitative estimate of drug-likeness (QED) is 0.615. The van der Waals surface area contributed by atoms with Crippen LogP contribution in [0.15, 0.2) is 0 Å². The standard InChI is InChI=1S/C10H24N2O2/c1-9(7-14-4)12(3)6-5-10(2,11)8-13/h9,13H,5-8,11H2,1-4H3. The van der Waals surface area contributed by atoms with Gasteiger partial charge in [0.15, 0.2) is 0 Å². The highest BCUT2D eigenvalue weighted by Crippen LogP contribution is 2.06. The van der Waals surface area contributed by atoms with Crippen molar-refractivity contribution in [3.8, 4) is 0 Å². The number of nitrogens with two attached hydrogens (primary N) is 1. The van der Waals surface area contributed by atoms with E-state index in [1.54, 1.807) is 7.11 Å². The molecule has 14 heavy (non-hydrogen) atoms. The summed E-state index contributed by atoms with van der Waals surface area (Å²) in [6.07, 6.45) is 0.786. The summed E-state index contributed by atoms with van der Waals surface area (Å²) in [5.74, 6) is 0. The van der Waals surface area contributed by atoms with Crippen LogP contribution in [-0.2, 0) is 4.74 Å². The van der Waals surface area contributed by atoms with E-state index < -0.39 is 5.54 Å². The van der Waals surface area contributed by atoms with Gasteiger partial charge in [0.05, 0.1) is 13.2 Å². The van der Waals surface area contributed by atoms with Crippen molar-refractivity contribution in [1.29, 1.82) is 0 Å². The third-order valence-corrected chi connectivity index (χ3v) is 2.56. The molecule has 2 atom stereocenters. The van der Waals surface area contributed by atoms with Crippen molar-refractivity contribution in [3.05, 3.63) is 0 Å². The van der Waals surface area contributed by atoms with Gasteiger partial charge in [-0.25, -0.2) is 0 Å². The molecule has 0 aliphatic carbocycles. The summed E-state index contributed by atoms with van der Waals surface area (Å²) >= 11 is 0. The Morgan fingerprint density at radius 1 is 1.57 bits per heavy atom. The average molecular weight is 204 g/mol. The van der Waals surface area contributed by atoms with Crippen LogP contribution < -0.4 is 5.73 Å². The third kappa shape index (κ3) is 5.54. The summed E-state index contributed by atoms with van der Waals surface area (Å²) in [4.78, 5) is 2.18. The Labute approximate surface area is 87.0 Å². The smallest absolute Gasteiger partial charge is 0.0615 e. The molecule has 0 aliphatic heterocycles. The van der Waals surface area contributed by atoms with Crippen molar-refractivity contribution in [3.63, 3.8) is 0 Å². The minimum atomic E-state index is -0.471. The van der Waals surface area contributed by atoms with Crippen molar-refractivity contribution in [2.75, 3.05) is 33.9 Å². The fourth-order valence-electron chi connectivity index (χ4n) is 1.10. The summed E-state index contributed by atoms with van der Waals surface area (Å²) in [5, 5.41) is 8.98. The summed E-state index contributed by atoms with van der Waals surface area (Å²) in [5.41, 5.74) is 5.36. The molecule has 4 heteroatoms. The largest absolute Gasteiger partial charge is 0.394 e. The van der Waals surface area contributed by atoms with E-state index in [1.807, 2.05) is 14.0 Å². The van der Waals surface area contributed by atoms with Crippen LogP contribution in [0, 0.1) is 0 Å². The number of hydrogen-bond acceptors (Lipinski definition) is 4. The molecule has 0 spiro atoms. The van der Waals surface area contributed by atoms with Gasteiger partial charge in [0.1, 0.15) is 0 Å². The molecular formula is C10H24N2O2. The molecule has 0 fully saturated rings. The van der Waals surface area contributed by atoms with Gasteiger partial charge in [-0.15, -0.1) is 0 Å². The van der Waals surface area contributed by atoms with Crippen LogP contribution >= 0.6 is 0 Å². The predicted octanol–water partition coefficient (Wildman–Crippen LogP) is 0.0529. The van der Waals surface area contributed by atoms with Gasteiger partial charge in [-0.05, 0) is 27.3 Å². The zero-order valence-corrected chi connectivity index (χ0v) is 9.79. The van der Waals surface area contributed by atoms with Gasteiger partial charge in [0, 0.05) is 25.2 Å². The molecule has 0 saturated heterocycles. The van der Waals surface area contributed by atoms with Gasteiger partial charge >= 0.3 is 0 Å². The Morgan fingerprint density at radius 2 is 2.14 bits per heavy atom. The van der Waals surface area contributed by atoms with E-state index in [2.05, 4.69) is 11.8 Å². The van der Waals surface area contributed by atoms with Crippen molar-refractivity contribution in [1.82, 2.24) is 4.90 Å². The lowest BCUT2D eigenvalue weighted by atomic mass is 10.0. The molecule has 0 aromatic heterocycles. The Morgan fingerprint density at radius 3 is 2.57 bits per heavy atom. The number of hydrogen-bond donors (Lipinski definition) is 2. The second-order valence-electron chi connectivity index (χ2n) is 4.35. The van der Waals surface area contributed by atoms with Gasteiger partial charge in [-0.3, -0.25) is 0 Å². The Kier molecular flexibility index (Phi) is 6.27. The monoisotopic (exact) mass is 204 g/mol. The highest BCUT2D eigenvalue weighted by molar-refractivity contribution is 4.79. The molecule has 4 nitrogen and oxygen atoms in total. The molecule has 3 N–H and O–H groups in total. The maximum Gasteiger partial charge on any atom is 0.0615 e. The molecule has 86 valence electrons. The minimum Gasteiger partial charge on any atom is -0.394 e. The normalized spacial score (nSPS) is 18.2. The first kappa shape index (κ1) is 13.8. The molecule has 0 saturated carbocycles. The first-order valence-corrected chi connectivity index (χ1v) is 5.02. The summed E-state index contributed by atoms with van der Waals surface area (Å²) < 4.78 is 5.06. The van der Waals surface area contributed by atoms with Crippen LogP contribution in [0.1, 0.15) is 20.3 Å². The number of nitrogens with zero attached hydrogens (tertiary/aromatic N) is 1. The van der Waals surface area contributed by atoms with E-state index in [0.717, 1.165) is 19.6 Å². The average Bonchev–Trinajstić information content (AvgIpc) is 2.15. The van der Waals surface area contributed by atoms with Crippen LogP contribution in [0.2, 0.25) is 0 Å². The van der Waals surface area contributed by atoms with Crippen LogP contribution in [0.25, 0.3) is 0 Å². The lowest BCUT2D eigenvalue weighted by molar-refractivity contribution is 0.105. The van der Waals surface area contributed by atoms with E-state index in [9.17, 15) is 0 Å². The molecule has 0 aromatic carbocycles. The molecule has 0 aromatic rings. The number of likely N-dealkylation sites (N-methyl/N-ethyl adjacent to an activating group) is 1. The Bertz CT molecular complexity index is 151. The van der Waals surface area contributed by atoms with Gasteiger partial charge in [-0.1, -0.05) is 0 Å². The molecule has 0 heterocycles.